The van der Waals surface area contributed by atoms with Crippen molar-refractivity contribution in [1.29, 1.82) is 0 Å². The summed E-state index contributed by atoms with van der Waals surface area (Å²) in [6, 6.07) is 1.04. The zero-order valence-electron chi connectivity index (χ0n) is 13.6. The van der Waals surface area contributed by atoms with Crippen LogP contribution in [-0.4, -0.2) is 63.3 Å². The van der Waals surface area contributed by atoms with Gasteiger partial charge in [0, 0.05) is 38.1 Å². The lowest BCUT2D eigenvalue weighted by Gasteiger charge is -2.57. The maximum Gasteiger partial charge on any atom is 0.222 e. The lowest BCUT2D eigenvalue weighted by molar-refractivity contribution is -1.92. The van der Waals surface area contributed by atoms with Gasteiger partial charge in [-0.15, -0.1) is 0 Å². The average Bonchev–Trinajstić information content (AvgIpc) is 2.48. The summed E-state index contributed by atoms with van der Waals surface area (Å²) in [5, 5.41) is 9.92. The van der Waals surface area contributed by atoms with Gasteiger partial charge in [0.15, 0.2) is 0 Å². The lowest BCUT2D eigenvalue weighted by atomic mass is 9.70. The van der Waals surface area contributed by atoms with Gasteiger partial charge >= 0.3 is 0 Å². The van der Waals surface area contributed by atoms with E-state index in [-0.39, 0.29) is 6.10 Å². The van der Waals surface area contributed by atoms with Crippen molar-refractivity contribution in [2.45, 2.75) is 56.7 Å². The van der Waals surface area contributed by atoms with Crippen LogP contribution in [0.3, 0.4) is 0 Å². The molecule has 0 saturated carbocycles. The first-order valence-electron chi connectivity index (χ1n) is 8.57. The number of fused-ring (bicyclic) bond motifs is 6. The van der Waals surface area contributed by atoms with Crippen molar-refractivity contribution in [3.63, 3.8) is 0 Å². The maximum absolute atomic E-state index is 12.1. The standard InChI is InChI=1S/C15H24N2O2.ClHO4/c18-12-4-5-16-8-10-6-11(14(16)7-12)9-17-13(10)2-1-3-15(17)19;2-1(3,4)5/h10-14,18H,1-9H2;(H,2,3,4,5)/t10-,11-,12-,13-,14-;/m1./s1. The molecular formula is C15H25ClN2O6. The minimum atomic E-state index is -4.69. The smallest absolute Gasteiger partial charge is 0.222 e. The molecule has 5 atom stereocenters. The predicted octanol–water partition coefficient (Wildman–Crippen LogP) is -3.28. The monoisotopic (exact) mass is 364 g/mol. The number of carbonyl (C=O) groups is 1. The van der Waals surface area contributed by atoms with Crippen molar-refractivity contribution in [1.82, 2.24) is 9.80 Å². The van der Waals surface area contributed by atoms with Crippen LogP contribution in [0.1, 0.15) is 38.5 Å². The molecule has 2 bridgehead atoms. The highest BCUT2D eigenvalue weighted by Gasteiger charge is 2.48. The van der Waals surface area contributed by atoms with E-state index in [0.717, 1.165) is 45.3 Å². The number of piperidine rings is 4. The highest BCUT2D eigenvalue weighted by Crippen LogP contribution is 2.42. The van der Waals surface area contributed by atoms with Gasteiger partial charge in [-0.1, -0.05) is 0 Å². The molecule has 4 aliphatic rings. The molecular weight excluding hydrogens is 340 g/mol. The number of aliphatic hydroxyl groups is 1. The average molecular weight is 365 g/mol. The molecule has 0 aromatic carbocycles. The third kappa shape index (κ3) is 4.19. The number of halogens is 1. The Bertz CT molecular complexity index is 467. The van der Waals surface area contributed by atoms with E-state index in [1.807, 2.05) is 0 Å². The van der Waals surface area contributed by atoms with Crippen LogP contribution in [0, 0.1) is 22.1 Å². The first-order chi connectivity index (χ1) is 11.2. The molecule has 4 saturated heterocycles. The third-order valence-electron chi connectivity index (χ3n) is 5.94. The molecule has 0 aromatic heterocycles. The summed E-state index contributed by atoms with van der Waals surface area (Å²) in [6.45, 7) is 3.16. The van der Waals surface area contributed by atoms with Crippen LogP contribution in [0.5, 0.6) is 0 Å². The number of hydrogen-bond donors (Lipinski definition) is 2. The van der Waals surface area contributed by atoms with Gasteiger partial charge in [0.1, 0.15) is 0 Å². The summed E-state index contributed by atoms with van der Waals surface area (Å²) in [5.41, 5.74) is 0. The van der Waals surface area contributed by atoms with Gasteiger partial charge < -0.3 is 10.0 Å². The van der Waals surface area contributed by atoms with Gasteiger partial charge in [0.05, 0.1) is 21.0 Å². The number of rotatable bonds is 0. The molecule has 0 aliphatic carbocycles. The van der Waals surface area contributed by atoms with Gasteiger partial charge in [-0.05, 0) is 43.9 Å². The van der Waals surface area contributed by atoms with Gasteiger partial charge in [0.25, 0.3) is 0 Å². The topological polar surface area (TPSA) is 133 Å². The summed E-state index contributed by atoms with van der Waals surface area (Å²) in [6.07, 6.45) is 6.07. The maximum atomic E-state index is 12.1. The van der Waals surface area contributed by atoms with E-state index >= 15 is 0 Å². The van der Waals surface area contributed by atoms with Gasteiger partial charge in [-0.3, -0.25) is 9.69 Å². The Morgan fingerprint density at radius 2 is 1.71 bits per heavy atom. The molecule has 138 valence electrons. The number of carbonyl (C=O) groups excluding carboxylic acids is 1. The van der Waals surface area contributed by atoms with Gasteiger partial charge in [-0.25, -0.2) is 0 Å². The number of aliphatic hydroxyl groups excluding tert-OH is 1. The Kier molecular flexibility index (Phi) is 5.36. The Hall–Kier alpha value is -0.480. The van der Waals surface area contributed by atoms with Crippen LogP contribution in [0.2, 0.25) is 0 Å². The minimum Gasteiger partial charge on any atom is -0.393 e. The first-order valence-corrected chi connectivity index (χ1v) is 9.83. The number of hydrogen-bond acceptors (Lipinski definition) is 7. The Morgan fingerprint density at radius 1 is 1.04 bits per heavy atom. The summed E-state index contributed by atoms with van der Waals surface area (Å²) < 4.78 is 32.7. The van der Waals surface area contributed by atoms with Crippen LogP contribution in [0.15, 0.2) is 0 Å². The largest absolute Gasteiger partial charge is 0.393 e. The van der Waals surface area contributed by atoms with E-state index in [1.165, 1.54) is 12.8 Å². The number of amides is 1. The normalized spacial score (nSPS) is 39.5. The van der Waals surface area contributed by atoms with Crippen LogP contribution < -0.4 is 14.0 Å². The molecule has 0 unspecified atom stereocenters. The summed E-state index contributed by atoms with van der Waals surface area (Å²) in [4.78, 5) is 17.0. The predicted molar refractivity (Wildman–Crippen MR) is 73.8 cm³/mol. The van der Waals surface area contributed by atoms with Crippen molar-refractivity contribution >= 4 is 5.91 Å². The molecule has 4 rings (SSSR count). The zero-order chi connectivity index (χ0) is 17.5. The summed E-state index contributed by atoms with van der Waals surface area (Å²) >= 11 is 0. The molecule has 4 heterocycles. The first kappa shape index (κ1) is 18.3. The molecule has 0 radical (unpaired) electrons. The fraction of sp³-hybridized carbons (Fsp3) is 0.933. The second-order valence-corrected chi connectivity index (χ2v) is 8.19. The fourth-order valence-electron chi connectivity index (χ4n) is 5.07. The number of nitrogens with zero attached hydrogens (tertiary/aromatic N) is 2. The van der Waals surface area contributed by atoms with Crippen LogP contribution >= 0.6 is 0 Å². The highest BCUT2D eigenvalue weighted by atomic mass is 35.7. The Balaban J connectivity index is 0.000000300. The molecule has 24 heavy (non-hydrogen) atoms. The molecule has 8 nitrogen and oxygen atoms in total. The molecule has 9 heteroatoms. The Morgan fingerprint density at radius 3 is 2.42 bits per heavy atom. The van der Waals surface area contributed by atoms with Gasteiger partial charge in [0.2, 0.25) is 5.91 Å². The van der Waals surface area contributed by atoms with E-state index in [9.17, 15) is 9.90 Å². The van der Waals surface area contributed by atoms with Crippen molar-refractivity contribution < 1.29 is 38.8 Å². The van der Waals surface area contributed by atoms with E-state index in [4.69, 9.17) is 18.6 Å². The van der Waals surface area contributed by atoms with Crippen molar-refractivity contribution in [2.75, 3.05) is 19.6 Å². The zero-order valence-corrected chi connectivity index (χ0v) is 14.3. The quantitative estimate of drug-likeness (QED) is 0.460. The lowest BCUT2D eigenvalue weighted by Crippen LogP contribution is -2.65. The van der Waals surface area contributed by atoms with E-state index in [0.29, 0.717) is 29.8 Å². The Labute approximate surface area is 143 Å². The molecule has 0 aromatic rings. The van der Waals surface area contributed by atoms with Crippen LogP contribution in [0.25, 0.3) is 0 Å². The highest BCUT2D eigenvalue weighted by molar-refractivity contribution is 5.77. The molecule has 2 N–H and O–H groups in total. The molecule has 0 spiro atoms. The van der Waals surface area contributed by atoms with Crippen LogP contribution in [0.4, 0.5) is 0 Å². The summed E-state index contributed by atoms with van der Waals surface area (Å²) in [7, 11) is -4.69. The third-order valence-corrected chi connectivity index (χ3v) is 5.94. The van der Waals surface area contributed by atoms with Crippen molar-refractivity contribution in [3.05, 3.63) is 0 Å². The van der Waals surface area contributed by atoms with Crippen molar-refractivity contribution in [2.24, 2.45) is 11.8 Å². The SMILES string of the molecule is O=C1CCC[C@@H]2[C@@H]3C[C@H](CN12)[C@H]1C[C@H](O)CCN1C3.[O-][Cl+3]([O-])([O-])O. The van der Waals surface area contributed by atoms with E-state index < -0.39 is 10.2 Å². The molecule has 4 aliphatic heterocycles. The van der Waals surface area contributed by atoms with Gasteiger partial charge in [-0.2, -0.15) is 14.0 Å². The van der Waals surface area contributed by atoms with E-state index in [2.05, 4.69) is 9.80 Å². The molecule has 1 amide bonds. The summed E-state index contributed by atoms with van der Waals surface area (Å²) in [5.74, 6) is 1.68. The van der Waals surface area contributed by atoms with E-state index in [1.54, 1.807) is 0 Å². The molecule has 4 fully saturated rings. The second kappa shape index (κ2) is 7.03. The van der Waals surface area contributed by atoms with Crippen LogP contribution in [-0.2, 0) is 4.79 Å². The second-order valence-electron chi connectivity index (χ2n) is 7.40. The van der Waals surface area contributed by atoms with Crippen molar-refractivity contribution in [3.8, 4) is 0 Å². The fourth-order valence-corrected chi connectivity index (χ4v) is 5.07. The minimum absolute atomic E-state index is 0.118.